The largest absolute Gasteiger partial charge is 0.481 e. The van der Waals surface area contributed by atoms with Gasteiger partial charge in [-0.25, -0.2) is 0 Å². The minimum atomic E-state index is -0.804. The predicted molar refractivity (Wildman–Crippen MR) is 59.9 cm³/mol. The molecule has 15 heavy (non-hydrogen) atoms. The topological polar surface area (TPSA) is 60.8 Å². The first-order valence-corrected chi connectivity index (χ1v) is 5.33. The number of hydrogen-bond acceptors (Lipinski definition) is 3. The Bertz CT molecular complexity index is 208. The third kappa shape index (κ3) is 5.14. The van der Waals surface area contributed by atoms with Crippen molar-refractivity contribution in [3.8, 4) is 0 Å². The van der Waals surface area contributed by atoms with Gasteiger partial charge in [0.25, 0.3) is 0 Å². The van der Waals surface area contributed by atoms with Crippen molar-refractivity contribution in [3.05, 3.63) is 0 Å². The van der Waals surface area contributed by atoms with E-state index in [0.29, 0.717) is 6.54 Å². The second-order valence-electron chi connectivity index (χ2n) is 4.99. The van der Waals surface area contributed by atoms with Crippen molar-refractivity contribution >= 4 is 5.97 Å². The van der Waals surface area contributed by atoms with Gasteiger partial charge in [0.05, 0.1) is 12.5 Å². The molecule has 0 radical (unpaired) electrons. The number of nitrogens with zero attached hydrogens (tertiary/aromatic N) is 1. The van der Waals surface area contributed by atoms with Crippen molar-refractivity contribution in [2.75, 3.05) is 6.54 Å². The van der Waals surface area contributed by atoms with Gasteiger partial charge in [-0.05, 0) is 34.6 Å². The maximum Gasteiger partial charge on any atom is 0.304 e. The normalized spacial score (nSPS) is 16.5. The smallest absolute Gasteiger partial charge is 0.304 e. The van der Waals surface area contributed by atoms with Crippen LogP contribution in [0.25, 0.3) is 0 Å². The lowest BCUT2D eigenvalue weighted by Crippen LogP contribution is -2.51. The fourth-order valence-electron chi connectivity index (χ4n) is 1.63. The quantitative estimate of drug-likeness (QED) is 0.729. The van der Waals surface area contributed by atoms with Crippen molar-refractivity contribution in [1.82, 2.24) is 4.90 Å². The van der Waals surface area contributed by atoms with Gasteiger partial charge in [-0.3, -0.25) is 9.69 Å². The summed E-state index contributed by atoms with van der Waals surface area (Å²) in [5.74, 6) is -0.804. The molecule has 2 atom stereocenters. The number of aliphatic hydroxyl groups excluding tert-OH is 1. The van der Waals surface area contributed by atoms with Crippen LogP contribution in [0.4, 0.5) is 0 Å². The highest BCUT2D eigenvalue weighted by Crippen LogP contribution is 2.19. The molecule has 0 aliphatic carbocycles. The third-order valence-electron chi connectivity index (χ3n) is 2.62. The maximum atomic E-state index is 10.5. The van der Waals surface area contributed by atoms with E-state index in [0.717, 1.165) is 0 Å². The Hall–Kier alpha value is -0.610. The van der Waals surface area contributed by atoms with Crippen LogP contribution in [0.3, 0.4) is 0 Å². The van der Waals surface area contributed by atoms with Crippen LogP contribution in [-0.4, -0.2) is 45.3 Å². The molecule has 0 bridgehead atoms. The SMILES string of the molecule is CC(O)C(C)N(CCC(=O)O)C(C)(C)C. The Labute approximate surface area is 91.9 Å². The Morgan fingerprint density at radius 3 is 2.07 bits per heavy atom. The third-order valence-corrected chi connectivity index (χ3v) is 2.62. The van der Waals surface area contributed by atoms with Gasteiger partial charge in [-0.15, -0.1) is 0 Å². The van der Waals surface area contributed by atoms with Crippen LogP contribution in [0, 0.1) is 0 Å². The Morgan fingerprint density at radius 1 is 1.33 bits per heavy atom. The summed E-state index contributed by atoms with van der Waals surface area (Å²) in [7, 11) is 0. The van der Waals surface area contributed by atoms with E-state index in [-0.39, 0.29) is 18.0 Å². The van der Waals surface area contributed by atoms with E-state index in [2.05, 4.69) is 0 Å². The summed E-state index contributed by atoms with van der Waals surface area (Å²) in [6, 6.07) is -0.0376. The van der Waals surface area contributed by atoms with Gasteiger partial charge in [0.2, 0.25) is 0 Å². The van der Waals surface area contributed by atoms with Gasteiger partial charge in [0, 0.05) is 18.1 Å². The van der Waals surface area contributed by atoms with Gasteiger partial charge < -0.3 is 10.2 Å². The highest BCUT2D eigenvalue weighted by molar-refractivity contribution is 5.66. The molecule has 4 heteroatoms. The van der Waals surface area contributed by atoms with Gasteiger partial charge in [-0.2, -0.15) is 0 Å². The fraction of sp³-hybridized carbons (Fsp3) is 0.909. The lowest BCUT2D eigenvalue weighted by molar-refractivity contribution is -0.138. The van der Waals surface area contributed by atoms with E-state index < -0.39 is 12.1 Å². The van der Waals surface area contributed by atoms with E-state index in [4.69, 9.17) is 5.11 Å². The van der Waals surface area contributed by atoms with E-state index in [9.17, 15) is 9.90 Å². The summed E-state index contributed by atoms with van der Waals surface area (Å²) < 4.78 is 0. The van der Waals surface area contributed by atoms with Crippen molar-refractivity contribution in [3.63, 3.8) is 0 Å². The molecular formula is C11H23NO3. The molecule has 0 fully saturated rings. The standard InChI is InChI=1S/C11H23NO3/c1-8(9(2)13)12(11(3,4)5)7-6-10(14)15/h8-9,13H,6-7H2,1-5H3,(H,14,15). The lowest BCUT2D eigenvalue weighted by Gasteiger charge is -2.41. The first-order valence-electron chi connectivity index (χ1n) is 5.33. The maximum absolute atomic E-state index is 10.5. The van der Waals surface area contributed by atoms with E-state index in [1.807, 2.05) is 32.6 Å². The molecule has 0 rings (SSSR count). The van der Waals surface area contributed by atoms with Crippen LogP contribution >= 0.6 is 0 Å². The molecular weight excluding hydrogens is 194 g/mol. The van der Waals surface area contributed by atoms with Crippen LogP contribution in [-0.2, 0) is 4.79 Å². The molecule has 0 amide bonds. The Kier molecular flexibility index (Phi) is 5.24. The molecule has 4 nitrogen and oxygen atoms in total. The summed E-state index contributed by atoms with van der Waals surface area (Å²) in [5, 5.41) is 18.2. The van der Waals surface area contributed by atoms with Crippen molar-refractivity contribution in [1.29, 1.82) is 0 Å². The first kappa shape index (κ1) is 14.4. The van der Waals surface area contributed by atoms with Crippen molar-refractivity contribution < 1.29 is 15.0 Å². The average molecular weight is 217 g/mol. The summed E-state index contributed by atoms with van der Waals surface area (Å²) in [5.41, 5.74) is -0.133. The molecule has 0 aromatic rings. The molecule has 90 valence electrons. The number of aliphatic hydroxyl groups is 1. The number of carboxylic acids is 1. The molecule has 0 heterocycles. The highest BCUT2D eigenvalue weighted by Gasteiger charge is 2.28. The molecule has 0 aromatic heterocycles. The molecule has 0 saturated heterocycles. The van der Waals surface area contributed by atoms with Gasteiger partial charge in [0.1, 0.15) is 0 Å². The van der Waals surface area contributed by atoms with Gasteiger partial charge in [0.15, 0.2) is 0 Å². The van der Waals surface area contributed by atoms with Gasteiger partial charge >= 0.3 is 5.97 Å². The summed E-state index contributed by atoms with van der Waals surface area (Å²) in [6.45, 7) is 10.2. The van der Waals surface area contributed by atoms with Crippen molar-refractivity contribution in [2.24, 2.45) is 0 Å². The zero-order valence-electron chi connectivity index (χ0n) is 10.3. The lowest BCUT2D eigenvalue weighted by atomic mass is 10.0. The number of hydrogen-bond donors (Lipinski definition) is 2. The molecule has 0 aromatic carbocycles. The predicted octanol–water partition coefficient (Wildman–Crippen LogP) is 1.33. The van der Waals surface area contributed by atoms with Gasteiger partial charge in [-0.1, -0.05) is 0 Å². The first-order chi connectivity index (χ1) is 6.66. The van der Waals surface area contributed by atoms with E-state index in [1.165, 1.54) is 0 Å². The van der Waals surface area contributed by atoms with Crippen LogP contribution in [0.2, 0.25) is 0 Å². The van der Waals surface area contributed by atoms with Crippen molar-refractivity contribution in [2.45, 2.75) is 58.7 Å². The number of carbonyl (C=O) groups is 1. The zero-order chi connectivity index (χ0) is 12.2. The minimum Gasteiger partial charge on any atom is -0.481 e. The fourth-order valence-corrected chi connectivity index (χ4v) is 1.63. The Morgan fingerprint density at radius 2 is 1.80 bits per heavy atom. The average Bonchev–Trinajstić information content (AvgIpc) is 2.00. The molecule has 2 unspecified atom stereocenters. The number of rotatable bonds is 5. The van der Waals surface area contributed by atoms with Crippen LogP contribution in [0.5, 0.6) is 0 Å². The van der Waals surface area contributed by atoms with Crippen LogP contribution in [0.15, 0.2) is 0 Å². The van der Waals surface area contributed by atoms with E-state index >= 15 is 0 Å². The minimum absolute atomic E-state index is 0.0376. The second-order valence-corrected chi connectivity index (χ2v) is 4.99. The van der Waals surface area contributed by atoms with Crippen LogP contribution < -0.4 is 0 Å². The summed E-state index contributed by atoms with van der Waals surface area (Å²) >= 11 is 0. The Balaban J connectivity index is 4.52. The molecule has 0 spiro atoms. The van der Waals surface area contributed by atoms with Crippen LogP contribution in [0.1, 0.15) is 41.0 Å². The summed E-state index contributed by atoms with van der Waals surface area (Å²) in [4.78, 5) is 12.6. The molecule has 0 aliphatic rings. The van der Waals surface area contributed by atoms with E-state index in [1.54, 1.807) is 6.92 Å². The zero-order valence-corrected chi connectivity index (χ0v) is 10.3. The summed E-state index contributed by atoms with van der Waals surface area (Å²) in [6.07, 6.45) is -0.355. The second kappa shape index (κ2) is 5.47. The molecule has 0 aliphatic heterocycles. The molecule has 2 N–H and O–H groups in total. The molecule has 0 saturated carbocycles. The number of aliphatic carboxylic acids is 1. The highest BCUT2D eigenvalue weighted by atomic mass is 16.4. The number of carboxylic acid groups (broad SMARTS) is 1. The monoisotopic (exact) mass is 217 g/mol.